The van der Waals surface area contributed by atoms with Gasteiger partial charge in [0.2, 0.25) is 0 Å². The fourth-order valence-electron chi connectivity index (χ4n) is 1.25. The van der Waals surface area contributed by atoms with E-state index in [1.165, 1.54) is 11.4 Å². The Morgan fingerprint density at radius 1 is 1.50 bits per heavy atom. The molecule has 14 heavy (non-hydrogen) atoms. The number of rotatable bonds is 1. The summed E-state index contributed by atoms with van der Waals surface area (Å²) in [4.78, 5) is 11.2. The van der Waals surface area contributed by atoms with E-state index >= 15 is 0 Å². The summed E-state index contributed by atoms with van der Waals surface area (Å²) < 4.78 is 13.7. The molecule has 0 bridgehead atoms. The predicted molar refractivity (Wildman–Crippen MR) is 56.0 cm³/mol. The molecular weight excluding hydrogens is 223 g/mol. The molecule has 0 saturated heterocycles. The minimum Gasteiger partial charge on any atom is -0.478 e. The molecule has 0 aliphatic rings. The van der Waals surface area contributed by atoms with Crippen LogP contribution in [0.5, 0.6) is 0 Å². The first-order chi connectivity index (χ1) is 6.59. The number of halogens is 1. The Balaban J connectivity index is 2.85. The SMILES string of the molecule is O=C(O)c1csc2c(F)cc(S)cc12. The lowest BCUT2D eigenvalue weighted by molar-refractivity contribution is 0.0699. The number of hydrogen-bond acceptors (Lipinski definition) is 3. The zero-order valence-corrected chi connectivity index (χ0v) is 8.53. The van der Waals surface area contributed by atoms with E-state index in [4.69, 9.17) is 5.11 Å². The molecule has 1 N–H and O–H groups in total. The molecule has 1 heterocycles. The molecule has 1 aromatic carbocycles. The van der Waals surface area contributed by atoms with Crippen molar-refractivity contribution in [1.29, 1.82) is 0 Å². The van der Waals surface area contributed by atoms with E-state index in [-0.39, 0.29) is 5.56 Å². The van der Waals surface area contributed by atoms with E-state index in [0.29, 0.717) is 15.0 Å². The molecule has 0 saturated carbocycles. The van der Waals surface area contributed by atoms with Crippen LogP contribution in [-0.4, -0.2) is 11.1 Å². The Morgan fingerprint density at radius 3 is 2.86 bits per heavy atom. The van der Waals surface area contributed by atoms with Crippen LogP contribution in [0.2, 0.25) is 0 Å². The Morgan fingerprint density at radius 2 is 2.21 bits per heavy atom. The summed E-state index contributed by atoms with van der Waals surface area (Å²) in [6, 6.07) is 2.83. The summed E-state index contributed by atoms with van der Waals surface area (Å²) in [7, 11) is 0. The van der Waals surface area contributed by atoms with Crippen LogP contribution in [0.1, 0.15) is 10.4 Å². The highest BCUT2D eigenvalue weighted by Crippen LogP contribution is 2.30. The number of thiophene rings is 1. The summed E-state index contributed by atoms with van der Waals surface area (Å²) in [5, 5.41) is 10.7. The van der Waals surface area contributed by atoms with Crippen LogP contribution in [0, 0.1) is 5.82 Å². The second-order valence-corrected chi connectivity index (χ2v) is 4.15. The minimum atomic E-state index is -1.05. The number of fused-ring (bicyclic) bond motifs is 1. The van der Waals surface area contributed by atoms with Gasteiger partial charge in [-0.3, -0.25) is 0 Å². The summed E-state index contributed by atoms with van der Waals surface area (Å²) in [5.74, 6) is -1.47. The fraction of sp³-hybridized carbons (Fsp3) is 0. The molecule has 0 spiro atoms. The van der Waals surface area contributed by atoms with E-state index < -0.39 is 11.8 Å². The molecule has 2 rings (SSSR count). The van der Waals surface area contributed by atoms with Crippen LogP contribution in [-0.2, 0) is 0 Å². The number of thiol groups is 1. The van der Waals surface area contributed by atoms with Crippen molar-refractivity contribution in [3.63, 3.8) is 0 Å². The van der Waals surface area contributed by atoms with Gasteiger partial charge in [0.25, 0.3) is 0 Å². The average molecular weight is 228 g/mol. The molecule has 0 amide bonds. The zero-order chi connectivity index (χ0) is 10.3. The van der Waals surface area contributed by atoms with Gasteiger partial charge in [-0.25, -0.2) is 9.18 Å². The summed E-state index contributed by atoms with van der Waals surface area (Å²) >= 11 is 5.08. The molecule has 1 aromatic heterocycles. The number of carboxylic acid groups (broad SMARTS) is 1. The topological polar surface area (TPSA) is 37.3 Å². The van der Waals surface area contributed by atoms with Crippen molar-refractivity contribution in [3.05, 3.63) is 28.9 Å². The number of carbonyl (C=O) groups is 1. The maximum Gasteiger partial charge on any atom is 0.337 e. The van der Waals surface area contributed by atoms with E-state index in [1.807, 2.05) is 0 Å². The van der Waals surface area contributed by atoms with Gasteiger partial charge >= 0.3 is 5.97 Å². The minimum absolute atomic E-state index is 0.125. The Labute approximate surface area is 88.4 Å². The van der Waals surface area contributed by atoms with Crippen molar-refractivity contribution in [3.8, 4) is 0 Å². The highest BCUT2D eigenvalue weighted by atomic mass is 32.1. The van der Waals surface area contributed by atoms with E-state index in [1.54, 1.807) is 6.07 Å². The van der Waals surface area contributed by atoms with Gasteiger partial charge in [-0.2, -0.15) is 0 Å². The predicted octanol–water partition coefficient (Wildman–Crippen LogP) is 3.03. The van der Waals surface area contributed by atoms with Gasteiger partial charge in [-0.05, 0) is 12.1 Å². The second kappa shape index (κ2) is 3.25. The van der Waals surface area contributed by atoms with Gasteiger partial charge < -0.3 is 5.11 Å². The third kappa shape index (κ3) is 1.38. The second-order valence-electron chi connectivity index (χ2n) is 2.76. The molecule has 2 aromatic rings. The van der Waals surface area contributed by atoms with Gasteiger partial charge in [0.05, 0.1) is 10.3 Å². The van der Waals surface area contributed by atoms with Crippen LogP contribution < -0.4 is 0 Å². The first-order valence-electron chi connectivity index (χ1n) is 3.72. The van der Waals surface area contributed by atoms with Crippen LogP contribution >= 0.6 is 24.0 Å². The maximum absolute atomic E-state index is 13.3. The Kier molecular flexibility index (Phi) is 2.20. The van der Waals surface area contributed by atoms with Crippen molar-refractivity contribution in [2.45, 2.75) is 4.90 Å². The van der Waals surface area contributed by atoms with Crippen LogP contribution in [0.3, 0.4) is 0 Å². The smallest absolute Gasteiger partial charge is 0.337 e. The lowest BCUT2D eigenvalue weighted by Crippen LogP contribution is -1.93. The normalized spacial score (nSPS) is 10.7. The zero-order valence-electron chi connectivity index (χ0n) is 6.82. The van der Waals surface area contributed by atoms with Gasteiger partial charge in [0.15, 0.2) is 0 Å². The van der Waals surface area contributed by atoms with Gasteiger partial charge in [0, 0.05) is 15.7 Å². The largest absolute Gasteiger partial charge is 0.478 e. The standard InChI is InChI=1S/C9H5FO2S2/c10-7-2-4(13)1-5-6(9(11)12)3-14-8(5)7/h1-3,13H,(H,11,12). The first kappa shape index (κ1) is 9.48. The molecule has 5 heteroatoms. The number of aromatic carboxylic acids is 1. The number of carboxylic acids is 1. The molecule has 72 valence electrons. The first-order valence-corrected chi connectivity index (χ1v) is 5.05. The van der Waals surface area contributed by atoms with Crippen LogP contribution in [0.25, 0.3) is 10.1 Å². The monoisotopic (exact) mass is 228 g/mol. The lowest BCUT2D eigenvalue weighted by atomic mass is 10.2. The van der Waals surface area contributed by atoms with Crippen LogP contribution in [0.15, 0.2) is 22.4 Å². The summed E-state index contributed by atoms with van der Waals surface area (Å²) in [5.41, 5.74) is 0.125. The van der Waals surface area contributed by atoms with Crippen molar-refractivity contribution in [2.24, 2.45) is 0 Å². The highest BCUT2D eigenvalue weighted by molar-refractivity contribution is 7.80. The highest BCUT2D eigenvalue weighted by Gasteiger charge is 2.13. The third-order valence-electron chi connectivity index (χ3n) is 1.84. The number of hydrogen-bond donors (Lipinski definition) is 2. The van der Waals surface area contributed by atoms with Crippen molar-refractivity contribution in [1.82, 2.24) is 0 Å². The van der Waals surface area contributed by atoms with Crippen LogP contribution in [0.4, 0.5) is 4.39 Å². The third-order valence-corrected chi connectivity index (χ3v) is 3.11. The van der Waals surface area contributed by atoms with E-state index in [9.17, 15) is 9.18 Å². The van der Waals surface area contributed by atoms with Crippen molar-refractivity contribution < 1.29 is 14.3 Å². The molecule has 0 unspecified atom stereocenters. The molecule has 0 fully saturated rings. The van der Waals surface area contributed by atoms with Crippen molar-refractivity contribution in [2.75, 3.05) is 0 Å². The summed E-state index contributed by atoms with van der Waals surface area (Å²) in [6.07, 6.45) is 0. The van der Waals surface area contributed by atoms with Gasteiger partial charge in [0.1, 0.15) is 5.82 Å². The maximum atomic E-state index is 13.3. The number of benzene rings is 1. The van der Waals surface area contributed by atoms with E-state index in [0.717, 1.165) is 11.3 Å². The quantitative estimate of drug-likeness (QED) is 0.736. The average Bonchev–Trinajstić information content (AvgIpc) is 2.47. The molecule has 2 nitrogen and oxygen atoms in total. The molecule has 0 atom stereocenters. The fourth-order valence-corrected chi connectivity index (χ4v) is 2.42. The molecule has 0 radical (unpaired) electrons. The lowest BCUT2D eigenvalue weighted by Gasteiger charge is -1.96. The van der Waals surface area contributed by atoms with Crippen molar-refractivity contribution >= 4 is 40.0 Å². The molecule has 0 aliphatic heterocycles. The molecular formula is C9H5FO2S2. The Hall–Kier alpha value is -1.07. The summed E-state index contributed by atoms with van der Waals surface area (Å²) in [6.45, 7) is 0. The van der Waals surface area contributed by atoms with Gasteiger partial charge in [-0.15, -0.1) is 24.0 Å². The Bertz CT molecular complexity index is 519. The molecule has 0 aliphatic carbocycles. The van der Waals surface area contributed by atoms with E-state index in [2.05, 4.69) is 12.6 Å². The van der Waals surface area contributed by atoms with Gasteiger partial charge in [-0.1, -0.05) is 0 Å².